The number of aromatic nitrogens is 1. The minimum absolute atomic E-state index is 0.829. The minimum Gasteiger partial charge on any atom is -0.343 e. The molecule has 13 heavy (non-hydrogen) atoms. The van der Waals surface area contributed by atoms with Crippen molar-refractivity contribution in [3.63, 3.8) is 0 Å². The number of H-pyrrole nitrogens is 1. The van der Waals surface area contributed by atoms with Gasteiger partial charge in [0.15, 0.2) is 3.95 Å². The topological polar surface area (TPSA) is 15.8 Å². The fourth-order valence-corrected chi connectivity index (χ4v) is 2.16. The van der Waals surface area contributed by atoms with E-state index in [1.54, 1.807) is 11.3 Å². The first-order valence-corrected chi connectivity index (χ1v) is 5.24. The van der Waals surface area contributed by atoms with Gasteiger partial charge < -0.3 is 4.98 Å². The number of aromatic amines is 1. The molecule has 0 aliphatic rings. The summed E-state index contributed by atoms with van der Waals surface area (Å²) in [5, 5.41) is 0. The van der Waals surface area contributed by atoms with Crippen LogP contribution in [0.3, 0.4) is 0 Å². The zero-order chi connectivity index (χ0) is 9.26. The van der Waals surface area contributed by atoms with Crippen LogP contribution in [0.5, 0.6) is 0 Å². The molecule has 2 rings (SSSR count). The third-order valence-corrected chi connectivity index (χ3v) is 3.10. The molecule has 0 aliphatic heterocycles. The van der Waals surface area contributed by atoms with E-state index in [0.717, 1.165) is 3.95 Å². The molecule has 1 heterocycles. The highest BCUT2D eigenvalue weighted by Gasteiger charge is 1.98. The summed E-state index contributed by atoms with van der Waals surface area (Å²) in [4.78, 5) is 4.21. The molecule has 0 saturated heterocycles. The zero-order valence-corrected chi connectivity index (χ0v) is 8.84. The molecule has 0 bridgehead atoms. The Hall–Kier alpha value is -0.930. The first-order valence-electron chi connectivity index (χ1n) is 4.01. The molecule has 0 saturated carbocycles. The molecule has 0 radical (unpaired) electrons. The number of rotatable bonds is 1. The second-order valence-corrected chi connectivity index (χ2v) is 4.63. The quantitative estimate of drug-likeness (QED) is 0.704. The average molecular weight is 207 g/mol. The van der Waals surface area contributed by atoms with Crippen molar-refractivity contribution in [1.29, 1.82) is 0 Å². The monoisotopic (exact) mass is 207 g/mol. The molecular weight excluding hydrogens is 198 g/mol. The predicted molar refractivity (Wildman–Crippen MR) is 59.7 cm³/mol. The first-order chi connectivity index (χ1) is 6.25. The van der Waals surface area contributed by atoms with Crippen LogP contribution in [0, 0.1) is 10.9 Å². The summed E-state index contributed by atoms with van der Waals surface area (Å²) < 4.78 is 0.829. The second kappa shape index (κ2) is 3.44. The summed E-state index contributed by atoms with van der Waals surface area (Å²) in [5.41, 5.74) is 2.51. The van der Waals surface area contributed by atoms with Gasteiger partial charge in [-0.3, -0.25) is 0 Å². The summed E-state index contributed by atoms with van der Waals surface area (Å²) in [7, 11) is 0. The lowest BCUT2D eigenvalue weighted by Gasteiger charge is -1.96. The molecule has 1 aromatic heterocycles. The van der Waals surface area contributed by atoms with E-state index >= 15 is 0 Å². The van der Waals surface area contributed by atoms with E-state index in [0.29, 0.717) is 0 Å². The van der Waals surface area contributed by atoms with Crippen molar-refractivity contribution in [1.82, 2.24) is 4.98 Å². The van der Waals surface area contributed by atoms with Gasteiger partial charge in [-0.25, -0.2) is 0 Å². The smallest absolute Gasteiger partial charge is 0.158 e. The standard InChI is InChI=1S/C10H9NS2/c1-7-2-4-8(5-3-7)9-6-11-10(12)13-9/h2-6H,1H3,(H,11,12). The van der Waals surface area contributed by atoms with Crippen LogP contribution in [-0.2, 0) is 0 Å². The van der Waals surface area contributed by atoms with Gasteiger partial charge in [-0.2, -0.15) is 0 Å². The Morgan fingerprint density at radius 3 is 2.46 bits per heavy atom. The molecule has 1 aromatic carbocycles. The fourth-order valence-electron chi connectivity index (χ4n) is 1.14. The number of aryl methyl sites for hydroxylation is 1. The molecule has 0 atom stereocenters. The first kappa shape index (κ1) is 8.66. The van der Waals surface area contributed by atoms with Gasteiger partial charge >= 0.3 is 0 Å². The summed E-state index contributed by atoms with van der Waals surface area (Å²) in [6, 6.07) is 8.45. The summed E-state index contributed by atoms with van der Waals surface area (Å²) in [5.74, 6) is 0. The molecule has 1 N–H and O–H groups in total. The van der Waals surface area contributed by atoms with E-state index in [1.165, 1.54) is 16.0 Å². The van der Waals surface area contributed by atoms with Crippen molar-refractivity contribution in [2.75, 3.05) is 0 Å². The molecule has 3 heteroatoms. The Morgan fingerprint density at radius 1 is 1.23 bits per heavy atom. The van der Waals surface area contributed by atoms with Crippen LogP contribution in [0.15, 0.2) is 30.5 Å². The third-order valence-electron chi connectivity index (χ3n) is 1.86. The van der Waals surface area contributed by atoms with Gasteiger partial charge in [0, 0.05) is 6.20 Å². The number of hydrogen-bond acceptors (Lipinski definition) is 2. The molecule has 1 nitrogen and oxygen atoms in total. The van der Waals surface area contributed by atoms with Gasteiger partial charge in [-0.15, -0.1) is 11.3 Å². The highest BCUT2D eigenvalue weighted by molar-refractivity contribution is 7.73. The Morgan fingerprint density at radius 2 is 1.92 bits per heavy atom. The number of benzene rings is 1. The van der Waals surface area contributed by atoms with Crippen LogP contribution in [0.1, 0.15) is 5.56 Å². The Labute approximate surface area is 86.1 Å². The van der Waals surface area contributed by atoms with Crippen LogP contribution >= 0.6 is 23.6 Å². The van der Waals surface area contributed by atoms with E-state index in [9.17, 15) is 0 Å². The van der Waals surface area contributed by atoms with Gasteiger partial charge in [0.1, 0.15) is 0 Å². The van der Waals surface area contributed by atoms with E-state index in [2.05, 4.69) is 36.2 Å². The van der Waals surface area contributed by atoms with Crippen molar-refractivity contribution < 1.29 is 0 Å². The maximum atomic E-state index is 5.02. The minimum atomic E-state index is 0.829. The van der Waals surface area contributed by atoms with Crippen molar-refractivity contribution in [3.05, 3.63) is 40.0 Å². The molecule has 0 spiro atoms. The van der Waals surface area contributed by atoms with Crippen molar-refractivity contribution in [2.24, 2.45) is 0 Å². The number of hydrogen-bond donors (Lipinski definition) is 1. The maximum absolute atomic E-state index is 5.02. The van der Waals surface area contributed by atoms with Gasteiger partial charge in [0.25, 0.3) is 0 Å². The molecule has 0 unspecified atom stereocenters. The average Bonchev–Trinajstić information content (AvgIpc) is 2.53. The molecular formula is C10H9NS2. The fraction of sp³-hybridized carbons (Fsp3) is 0.100. The SMILES string of the molecule is Cc1ccc(-c2c[nH]c(=S)s2)cc1. The maximum Gasteiger partial charge on any atom is 0.158 e. The van der Waals surface area contributed by atoms with Crippen molar-refractivity contribution >= 4 is 23.6 Å². The predicted octanol–water partition coefficient (Wildman–Crippen LogP) is 3.78. The van der Waals surface area contributed by atoms with Gasteiger partial charge in [-0.1, -0.05) is 29.8 Å². The van der Waals surface area contributed by atoms with E-state index in [-0.39, 0.29) is 0 Å². The van der Waals surface area contributed by atoms with Gasteiger partial charge in [0.05, 0.1) is 4.88 Å². The van der Waals surface area contributed by atoms with Crippen LogP contribution in [-0.4, -0.2) is 4.98 Å². The molecule has 0 aliphatic carbocycles. The van der Waals surface area contributed by atoms with Crippen LogP contribution in [0.25, 0.3) is 10.4 Å². The van der Waals surface area contributed by atoms with Crippen LogP contribution in [0.2, 0.25) is 0 Å². The van der Waals surface area contributed by atoms with Gasteiger partial charge in [0.2, 0.25) is 0 Å². The van der Waals surface area contributed by atoms with Crippen molar-refractivity contribution in [2.45, 2.75) is 6.92 Å². The van der Waals surface area contributed by atoms with Crippen LogP contribution < -0.4 is 0 Å². The summed E-state index contributed by atoms with van der Waals surface area (Å²) in [6.45, 7) is 2.09. The van der Waals surface area contributed by atoms with E-state index in [4.69, 9.17) is 12.2 Å². The number of nitrogens with one attached hydrogen (secondary N) is 1. The van der Waals surface area contributed by atoms with E-state index in [1.807, 2.05) is 6.20 Å². The lowest BCUT2D eigenvalue weighted by atomic mass is 10.1. The molecule has 66 valence electrons. The molecule has 0 fully saturated rings. The largest absolute Gasteiger partial charge is 0.343 e. The molecule has 2 aromatic rings. The summed E-state index contributed by atoms with van der Waals surface area (Å²) in [6.07, 6.45) is 1.96. The highest BCUT2D eigenvalue weighted by Crippen LogP contribution is 2.24. The molecule has 0 amide bonds. The van der Waals surface area contributed by atoms with Crippen molar-refractivity contribution in [3.8, 4) is 10.4 Å². The lowest BCUT2D eigenvalue weighted by molar-refractivity contribution is 1.40. The Kier molecular flexibility index (Phi) is 2.29. The normalized spacial score (nSPS) is 10.2. The zero-order valence-electron chi connectivity index (χ0n) is 7.20. The Balaban J connectivity index is 2.47. The lowest BCUT2D eigenvalue weighted by Crippen LogP contribution is -1.73. The highest BCUT2D eigenvalue weighted by atomic mass is 32.1. The third kappa shape index (κ3) is 1.87. The summed E-state index contributed by atoms with van der Waals surface area (Å²) >= 11 is 6.63. The number of thiazole rings is 1. The van der Waals surface area contributed by atoms with E-state index < -0.39 is 0 Å². The second-order valence-electron chi connectivity index (χ2n) is 2.91. The van der Waals surface area contributed by atoms with Gasteiger partial charge in [-0.05, 0) is 24.7 Å². The Bertz CT molecular complexity index is 450. The van der Waals surface area contributed by atoms with Crippen LogP contribution in [0.4, 0.5) is 0 Å².